The summed E-state index contributed by atoms with van der Waals surface area (Å²) in [6.07, 6.45) is 5.64. The second-order valence-electron chi connectivity index (χ2n) is 6.11. The molecule has 2 saturated heterocycles. The van der Waals surface area contributed by atoms with E-state index in [9.17, 15) is 13.2 Å². The van der Waals surface area contributed by atoms with Crippen molar-refractivity contribution in [2.45, 2.75) is 31.5 Å². The maximum Gasteiger partial charge on any atom is 0.224 e. The number of nitrogens with zero attached hydrogens (tertiary/aromatic N) is 2. The molecule has 2 aliphatic rings. The maximum absolute atomic E-state index is 12.4. The van der Waals surface area contributed by atoms with E-state index in [0.29, 0.717) is 26.0 Å². The summed E-state index contributed by atoms with van der Waals surface area (Å²) in [5, 5.41) is 2.86. The van der Waals surface area contributed by atoms with Crippen molar-refractivity contribution in [3.8, 4) is 0 Å². The SMILES string of the molecule is CS(=O)(=O)N1C[C@H](C(=O)NCc2cccnc2)C[C@H]2OCC[C@H]21. The topological polar surface area (TPSA) is 88.6 Å². The molecular weight excluding hydrogens is 318 g/mol. The van der Waals surface area contributed by atoms with E-state index >= 15 is 0 Å². The van der Waals surface area contributed by atoms with E-state index in [4.69, 9.17) is 4.74 Å². The Bertz CT molecular complexity index is 665. The van der Waals surface area contributed by atoms with Crippen LogP contribution in [0.1, 0.15) is 18.4 Å². The smallest absolute Gasteiger partial charge is 0.224 e. The van der Waals surface area contributed by atoms with Crippen molar-refractivity contribution < 1.29 is 17.9 Å². The van der Waals surface area contributed by atoms with Crippen LogP contribution in [0, 0.1) is 5.92 Å². The van der Waals surface area contributed by atoms with Crippen molar-refractivity contribution in [3.63, 3.8) is 0 Å². The summed E-state index contributed by atoms with van der Waals surface area (Å²) in [7, 11) is -3.35. The van der Waals surface area contributed by atoms with Crippen molar-refractivity contribution in [1.29, 1.82) is 0 Å². The van der Waals surface area contributed by atoms with Crippen LogP contribution in [-0.4, -0.2) is 55.2 Å². The summed E-state index contributed by atoms with van der Waals surface area (Å²) in [6, 6.07) is 3.56. The van der Waals surface area contributed by atoms with Gasteiger partial charge in [-0.05, 0) is 24.5 Å². The van der Waals surface area contributed by atoms with Crippen LogP contribution in [0.2, 0.25) is 0 Å². The monoisotopic (exact) mass is 339 g/mol. The number of hydrogen-bond donors (Lipinski definition) is 1. The lowest BCUT2D eigenvalue weighted by molar-refractivity contribution is -0.128. The summed E-state index contributed by atoms with van der Waals surface area (Å²) in [6.45, 7) is 1.16. The van der Waals surface area contributed by atoms with E-state index in [-0.39, 0.29) is 30.5 Å². The molecule has 0 aliphatic carbocycles. The summed E-state index contributed by atoms with van der Waals surface area (Å²) in [4.78, 5) is 16.4. The molecule has 7 nitrogen and oxygen atoms in total. The number of rotatable bonds is 4. The highest BCUT2D eigenvalue weighted by atomic mass is 32.2. The van der Waals surface area contributed by atoms with Gasteiger partial charge in [-0.15, -0.1) is 0 Å². The quantitative estimate of drug-likeness (QED) is 0.843. The Kier molecular flexibility index (Phi) is 4.65. The van der Waals surface area contributed by atoms with Crippen molar-refractivity contribution in [2.75, 3.05) is 19.4 Å². The first-order valence-corrected chi connectivity index (χ1v) is 9.55. The number of pyridine rings is 1. The average Bonchev–Trinajstić information content (AvgIpc) is 3.00. The molecule has 0 radical (unpaired) electrons. The molecule has 0 bridgehead atoms. The molecule has 8 heteroatoms. The minimum absolute atomic E-state index is 0.132. The predicted molar refractivity (Wildman–Crippen MR) is 83.9 cm³/mol. The molecule has 1 amide bonds. The Morgan fingerprint density at radius 2 is 2.35 bits per heavy atom. The van der Waals surface area contributed by atoms with E-state index < -0.39 is 10.0 Å². The van der Waals surface area contributed by atoms with E-state index in [1.54, 1.807) is 12.4 Å². The van der Waals surface area contributed by atoms with Crippen LogP contribution in [0.3, 0.4) is 0 Å². The Labute approximate surface area is 136 Å². The largest absolute Gasteiger partial charge is 0.376 e. The van der Waals surface area contributed by atoms with E-state index in [1.165, 1.54) is 10.6 Å². The van der Waals surface area contributed by atoms with Crippen LogP contribution in [0.25, 0.3) is 0 Å². The van der Waals surface area contributed by atoms with Gasteiger partial charge in [-0.2, -0.15) is 4.31 Å². The third-order valence-corrected chi connectivity index (χ3v) is 5.72. The van der Waals surface area contributed by atoms with Crippen molar-refractivity contribution in [2.24, 2.45) is 5.92 Å². The van der Waals surface area contributed by atoms with Crippen LogP contribution < -0.4 is 5.32 Å². The van der Waals surface area contributed by atoms with E-state index in [1.807, 2.05) is 12.1 Å². The molecule has 3 atom stereocenters. The first-order valence-electron chi connectivity index (χ1n) is 7.70. The standard InChI is InChI=1S/C15H21N3O4S/c1-23(20,21)18-10-12(7-14-13(18)4-6-22-14)15(19)17-9-11-3-2-5-16-8-11/h2-3,5,8,12-14H,4,6-7,9-10H2,1H3,(H,17,19)/t12-,13-,14-/m1/s1. The predicted octanol–water partition coefficient (Wildman–Crippen LogP) is 0.137. The van der Waals surface area contributed by atoms with E-state index in [2.05, 4.69) is 10.3 Å². The van der Waals surface area contributed by atoms with Gasteiger partial charge in [0.15, 0.2) is 0 Å². The highest BCUT2D eigenvalue weighted by molar-refractivity contribution is 7.88. The second kappa shape index (κ2) is 6.54. The molecule has 0 unspecified atom stereocenters. The van der Waals surface area contributed by atoms with Crippen LogP contribution in [0.4, 0.5) is 0 Å². The number of carbonyl (C=O) groups is 1. The zero-order valence-corrected chi connectivity index (χ0v) is 13.8. The van der Waals surface area contributed by atoms with Crippen LogP contribution in [0.5, 0.6) is 0 Å². The van der Waals surface area contributed by atoms with Gasteiger partial charge in [-0.25, -0.2) is 8.42 Å². The van der Waals surface area contributed by atoms with Crippen molar-refractivity contribution in [1.82, 2.24) is 14.6 Å². The van der Waals surface area contributed by atoms with Gasteiger partial charge in [0.1, 0.15) is 0 Å². The number of amides is 1. The van der Waals surface area contributed by atoms with Gasteiger partial charge in [0.2, 0.25) is 15.9 Å². The highest BCUT2D eigenvalue weighted by Crippen LogP contribution is 2.32. The van der Waals surface area contributed by atoms with E-state index in [0.717, 1.165) is 5.56 Å². The zero-order chi connectivity index (χ0) is 16.4. The lowest BCUT2D eigenvalue weighted by Gasteiger charge is -2.38. The number of piperidine rings is 1. The Morgan fingerprint density at radius 1 is 1.52 bits per heavy atom. The normalized spacial score (nSPS) is 28.3. The third kappa shape index (κ3) is 3.70. The van der Waals surface area contributed by atoms with Gasteiger partial charge < -0.3 is 10.1 Å². The number of fused-ring (bicyclic) bond motifs is 1. The maximum atomic E-state index is 12.4. The number of hydrogen-bond acceptors (Lipinski definition) is 5. The van der Waals surface area contributed by atoms with Gasteiger partial charge in [-0.1, -0.05) is 6.07 Å². The van der Waals surface area contributed by atoms with Gasteiger partial charge in [0.05, 0.1) is 24.3 Å². The molecule has 3 heterocycles. The van der Waals surface area contributed by atoms with Crippen LogP contribution in [0.15, 0.2) is 24.5 Å². The first-order chi connectivity index (χ1) is 10.9. The third-order valence-electron chi connectivity index (χ3n) is 4.45. The van der Waals surface area contributed by atoms with Gasteiger partial charge in [-0.3, -0.25) is 9.78 Å². The molecule has 0 aromatic carbocycles. The highest BCUT2D eigenvalue weighted by Gasteiger charge is 2.45. The minimum Gasteiger partial charge on any atom is -0.376 e. The molecule has 126 valence electrons. The molecular formula is C15H21N3O4S. The Balaban J connectivity index is 1.66. The number of aromatic nitrogens is 1. The average molecular weight is 339 g/mol. The number of ether oxygens (including phenoxy) is 1. The van der Waals surface area contributed by atoms with Crippen molar-refractivity contribution in [3.05, 3.63) is 30.1 Å². The summed E-state index contributed by atoms with van der Waals surface area (Å²) >= 11 is 0. The molecule has 2 fully saturated rings. The molecule has 1 N–H and O–H groups in total. The molecule has 0 spiro atoms. The fourth-order valence-corrected chi connectivity index (χ4v) is 4.49. The molecule has 1 aromatic rings. The summed E-state index contributed by atoms with van der Waals surface area (Å²) in [5.74, 6) is -0.530. The number of carbonyl (C=O) groups excluding carboxylic acids is 1. The molecule has 3 rings (SSSR count). The molecule has 23 heavy (non-hydrogen) atoms. The van der Waals surface area contributed by atoms with Crippen molar-refractivity contribution >= 4 is 15.9 Å². The molecule has 2 aliphatic heterocycles. The lowest BCUT2D eigenvalue weighted by Crippen LogP contribution is -2.54. The van der Waals surface area contributed by atoms with Crippen LogP contribution in [-0.2, 0) is 26.1 Å². The number of sulfonamides is 1. The summed E-state index contributed by atoms with van der Waals surface area (Å²) in [5.41, 5.74) is 0.909. The zero-order valence-electron chi connectivity index (χ0n) is 13.0. The lowest BCUT2D eigenvalue weighted by atomic mass is 9.91. The van der Waals surface area contributed by atoms with Gasteiger partial charge in [0, 0.05) is 32.1 Å². The van der Waals surface area contributed by atoms with Gasteiger partial charge in [0.25, 0.3) is 0 Å². The Morgan fingerprint density at radius 3 is 3.04 bits per heavy atom. The molecule has 0 saturated carbocycles. The summed E-state index contributed by atoms with van der Waals surface area (Å²) < 4.78 is 31.1. The second-order valence-corrected chi connectivity index (χ2v) is 8.04. The fraction of sp³-hybridized carbons (Fsp3) is 0.600. The van der Waals surface area contributed by atoms with Crippen LogP contribution >= 0.6 is 0 Å². The fourth-order valence-electron chi connectivity index (χ4n) is 3.31. The van der Waals surface area contributed by atoms with Gasteiger partial charge >= 0.3 is 0 Å². The minimum atomic E-state index is -3.35. The first kappa shape index (κ1) is 16.4. The number of nitrogens with one attached hydrogen (secondary N) is 1. The molecule has 1 aromatic heterocycles. The Hall–Kier alpha value is -1.51.